The van der Waals surface area contributed by atoms with Crippen molar-refractivity contribution in [3.63, 3.8) is 0 Å². The molecule has 0 aromatic carbocycles. The fourth-order valence-corrected chi connectivity index (χ4v) is 6.21. The molecule has 0 aromatic heterocycles. The van der Waals surface area contributed by atoms with E-state index in [1.54, 1.807) is 27.7 Å². The Morgan fingerprint density at radius 2 is 1.14 bits per heavy atom. The van der Waals surface area contributed by atoms with Crippen LogP contribution < -0.4 is 5.73 Å². The summed E-state index contributed by atoms with van der Waals surface area (Å²) < 4.78 is 50.3. The van der Waals surface area contributed by atoms with Crippen LogP contribution in [0.1, 0.15) is 27.7 Å². The van der Waals surface area contributed by atoms with E-state index in [1.807, 2.05) is 0 Å². The Kier molecular flexibility index (Phi) is 9.36. The molecule has 2 N–H and O–H groups in total. The number of amides is 1. The lowest BCUT2D eigenvalue weighted by Gasteiger charge is -2.30. The van der Waals surface area contributed by atoms with Gasteiger partial charge in [0.1, 0.15) is 0 Å². The lowest BCUT2D eigenvalue weighted by molar-refractivity contribution is 0.111. The minimum atomic E-state index is -4.10. The molecule has 0 unspecified atom stereocenters. The van der Waals surface area contributed by atoms with E-state index >= 15 is 0 Å². The van der Waals surface area contributed by atoms with E-state index in [9.17, 15) is 13.9 Å². The first kappa shape index (κ1) is 20.6. The molecule has 0 aromatic rings. The van der Waals surface area contributed by atoms with Gasteiger partial charge in [0, 0.05) is 0 Å². The van der Waals surface area contributed by atoms with Gasteiger partial charge in [-0.15, -0.1) is 0 Å². The zero-order chi connectivity index (χ0) is 16.5. The largest absolute Gasteiger partial charge is 0.420 e. The fraction of sp³-hybridized carbons (Fsp3) is 0.900. The molecule has 126 valence electrons. The normalized spacial score (nSPS) is 12.6. The first-order valence-electron chi connectivity index (χ1n) is 6.53. The zero-order valence-corrected chi connectivity index (χ0v) is 14.4. The molecule has 0 fully saturated rings. The first-order valence-corrected chi connectivity index (χ1v) is 9.75. The number of carbonyl (C=O) groups is 1. The van der Waals surface area contributed by atoms with E-state index in [-0.39, 0.29) is 26.4 Å². The summed E-state index contributed by atoms with van der Waals surface area (Å²) in [6, 6.07) is 0. The number of hydrogen-bond acceptors (Lipinski definition) is 8. The molecule has 11 heteroatoms. The molecule has 0 aliphatic carbocycles. The number of ether oxygens (including phenoxy) is 1. The molecular weight excluding hydrogens is 324 g/mol. The molecule has 0 saturated carbocycles. The highest BCUT2D eigenvalue weighted by atomic mass is 31.2. The van der Waals surface area contributed by atoms with Crippen molar-refractivity contribution in [1.82, 2.24) is 0 Å². The number of primary amides is 1. The third kappa shape index (κ3) is 6.06. The molecular formula is C10H23NO8P2. The second-order valence-electron chi connectivity index (χ2n) is 3.51. The molecule has 21 heavy (non-hydrogen) atoms. The van der Waals surface area contributed by atoms with Gasteiger partial charge in [-0.3, -0.25) is 9.13 Å². The lowest BCUT2D eigenvalue weighted by atomic mass is 10.9. The van der Waals surface area contributed by atoms with Crippen molar-refractivity contribution in [2.45, 2.75) is 33.3 Å². The minimum absolute atomic E-state index is 0.0197. The van der Waals surface area contributed by atoms with Crippen LogP contribution in [0.5, 0.6) is 0 Å². The first-order chi connectivity index (χ1) is 9.79. The fourth-order valence-electron chi connectivity index (χ4n) is 1.46. The van der Waals surface area contributed by atoms with Gasteiger partial charge in [-0.2, -0.15) is 0 Å². The molecule has 0 radical (unpaired) electrons. The number of hydrogen-bond donors (Lipinski definition) is 1. The van der Waals surface area contributed by atoms with Crippen molar-refractivity contribution in [3.8, 4) is 0 Å². The number of carbonyl (C=O) groups excluding carboxylic acids is 1. The average Bonchev–Trinajstić information content (AvgIpc) is 2.36. The van der Waals surface area contributed by atoms with Crippen LogP contribution in [0.25, 0.3) is 0 Å². The molecule has 0 spiro atoms. The van der Waals surface area contributed by atoms with Gasteiger partial charge >= 0.3 is 26.9 Å². The monoisotopic (exact) mass is 347 g/mol. The van der Waals surface area contributed by atoms with Crippen molar-refractivity contribution in [2.24, 2.45) is 5.73 Å². The Bertz CT molecular complexity index is 366. The van der Waals surface area contributed by atoms with E-state index in [4.69, 9.17) is 28.6 Å². The molecule has 1 amide bonds. The molecule has 0 atom stereocenters. The van der Waals surface area contributed by atoms with Crippen LogP contribution in [-0.4, -0.2) is 38.1 Å². The van der Waals surface area contributed by atoms with Gasteiger partial charge in [0.2, 0.25) is 0 Å². The molecule has 0 aliphatic rings. The topological polar surface area (TPSA) is 123 Å². The van der Waals surface area contributed by atoms with Gasteiger partial charge in [-0.25, -0.2) is 4.79 Å². The van der Waals surface area contributed by atoms with Crippen LogP contribution in [0.4, 0.5) is 4.79 Å². The van der Waals surface area contributed by atoms with Crippen LogP contribution >= 0.6 is 15.2 Å². The summed E-state index contributed by atoms with van der Waals surface area (Å²) in [7, 11) is -8.20. The molecule has 0 aliphatic heterocycles. The minimum Gasteiger partial charge on any atom is -0.420 e. The summed E-state index contributed by atoms with van der Waals surface area (Å²) in [6.45, 7) is 6.14. The lowest BCUT2D eigenvalue weighted by Crippen LogP contribution is -2.26. The summed E-state index contributed by atoms with van der Waals surface area (Å²) in [6.07, 6.45) is -1.29. The predicted molar refractivity (Wildman–Crippen MR) is 76.2 cm³/mol. The van der Waals surface area contributed by atoms with E-state index in [1.165, 1.54) is 0 Å². The van der Waals surface area contributed by atoms with Crippen LogP contribution in [0.2, 0.25) is 0 Å². The highest BCUT2D eigenvalue weighted by molar-refractivity contribution is 7.72. The Labute approximate surface area is 124 Å². The van der Waals surface area contributed by atoms with Gasteiger partial charge in [0.25, 0.3) is 0 Å². The molecule has 0 saturated heterocycles. The number of nitrogens with two attached hydrogens (primary N) is 1. The molecule has 0 heterocycles. The maximum atomic E-state index is 12.7. The van der Waals surface area contributed by atoms with E-state index in [0.717, 1.165) is 0 Å². The van der Waals surface area contributed by atoms with Crippen LogP contribution in [-0.2, 0) is 32.0 Å². The van der Waals surface area contributed by atoms with Crippen LogP contribution in [0.3, 0.4) is 0 Å². The summed E-state index contributed by atoms with van der Waals surface area (Å²) in [5.41, 5.74) is 3.07. The molecule has 9 nitrogen and oxygen atoms in total. The van der Waals surface area contributed by atoms with Crippen molar-refractivity contribution in [3.05, 3.63) is 0 Å². The average molecular weight is 347 g/mol. The van der Waals surface area contributed by atoms with E-state index in [2.05, 4.69) is 0 Å². The number of rotatable bonds is 11. The summed E-state index contributed by atoms with van der Waals surface area (Å²) in [5, 5.41) is 0. The zero-order valence-electron chi connectivity index (χ0n) is 12.6. The second kappa shape index (κ2) is 9.56. The predicted octanol–water partition coefficient (Wildman–Crippen LogP) is 2.90. The highest BCUT2D eigenvalue weighted by Gasteiger charge is 2.54. The van der Waals surface area contributed by atoms with Crippen molar-refractivity contribution in [1.29, 1.82) is 0 Å². The van der Waals surface area contributed by atoms with Crippen LogP contribution in [0, 0.1) is 0 Å². The molecule has 0 bridgehead atoms. The molecule has 0 rings (SSSR count). The highest BCUT2D eigenvalue weighted by Crippen LogP contribution is 2.70. The van der Waals surface area contributed by atoms with Gasteiger partial charge < -0.3 is 28.6 Å². The summed E-state index contributed by atoms with van der Waals surface area (Å²) in [4.78, 5) is 11.1. The maximum Gasteiger partial charge on any atom is 0.406 e. The van der Waals surface area contributed by atoms with Gasteiger partial charge in [0.15, 0.2) is 0 Å². The Balaban J connectivity index is 5.74. The van der Waals surface area contributed by atoms with E-state index in [0.29, 0.717) is 0 Å². The van der Waals surface area contributed by atoms with Crippen LogP contribution in [0.15, 0.2) is 0 Å². The third-order valence-electron chi connectivity index (χ3n) is 2.00. The summed E-state index contributed by atoms with van der Waals surface area (Å²) in [5.74, 6) is 0. The SMILES string of the molecule is CCOP(=O)(OCC)C(OC(N)=O)P(=O)(OCC)OCC. The second-order valence-corrected chi connectivity index (χ2v) is 8.05. The standard InChI is InChI=1S/C10H23NO8P2/c1-5-15-20(13,16-6-2)10(19-9(11)12)21(14,17-7-3)18-8-4/h10H,5-8H2,1-4H3,(H2,11,12). The smallest absolute Gasteiger partial charge is 0.406 e. The van der Waals surface area contributed by atoms with Gasteiger partial charge in [0.05, 0.1) is 26.4 Å². The van der Waals surface area contributed by atoms with Crippen molar-refractivity contribution in [2.75, 3.05) is 26.4 Å². The Hall–Kier alpha value is -0.430. The van der Waals surface area contributed by atoms with Crippen molar-refractivity contribution >= 4 is 21.3 Å². The quantitative estimate of drug-likeness (QED) is 0.566. The summed E-state index contributed by atoms with van der Waals surface area (Å²) >= 11 is 0. The Morgan fingerprint density at radius 1 is 0.857 bits per heavy atom. The van der Waals surface area contributed by atoms with E-state index < -0.39 is 26.9 Å². The van der Waals surface area contributed by atoms with Gasteiger partial charge in [-0.1, -0.05) is 0 Å². The Morgan fingerprint density at radius 3 is 1.33 bits per heavy atom. The van der Waals surface area contributed by atoms with Crippen molar-refractivity contribution < 1.29 is 36.8 Å². The third-order valence-corrected chi connectivity index (χ3v) is 7.46. The maximum absolute atomic E-state index is 12.7. The van der Waals surface area contributed by atoms with Gasteiger partial charge in [-0.05, 0) is 27.7 Å².